The second-order valence-corrected chi connectivity index (χ2v) is 6.49. The number of thiocarbonyl (C=S) groups is 1. The molecule has 0 bridgehead atoms. The summed E-state index contributed by atoms with van der Waals surface area (Å²) >= 11 is 5.17. The van der Waals surface area contributed by atoms with Crippen LogP contribution >= 0.6 is 12.2 Å². The summed E-state index contributed by atoms with van der Waals surface area (Å²) in [6, 6.07) is 20.1. The van der Waals surface area contributed by atoms with Gasteiger partial charge in [-0.05, 0) is 30.3 Å². The van der Waals surface area contributed by atoms with Crippen LogP contribution in [0.25, 0.3) is 0 Å². The number of amides is 1. The summed E-state index contributed by atoms with van der Waals surface area (Å²) in [6.07, 6.45) is 0.317. The molecule has 0 aliphatic heterocycles. The van der Waals surface area contributed by atoms with E-state index in [0.717, 1.165) is 11.1 Å². The van der Waals surface area contributed by atoms with E-state index in [1.54, 1.807) is 7.11 Å². The molecule has 6 heteroatoms. The normalized spacial score (nSPS) is 11.7. The van der Waals surface area contributed by atoms with Crippen molar-refractivity contribution in [2.24, 2.45) is 0 Å². The molecule has 26 heavy (non-hydrogen) atoms. The number of benzene rings is 2. The third-order valence-electron chi connectivity index (χ3n) is 3.90. The molecular formula is C20H25N3O2S. The van der Waals surface area contributed by atoms with Gasteiger partial charge in [0, 0.05) is 25.5 Å². The largest absolute Gasteiger partial charge is 0.383 e. The summed E-state index contributed by atoms with van der Waals surface area (Å²) in [6.45, 7) is 2.47. The van der Waals surface area contributed by atoms with Gasteiger partial charge in [0.1, 0.15) is 0 Å². The van der Waals surface area contributed by atoms with E-state index in [-0.39, 0.29) is 17.9 Å². The van der Waals surface area contributed by atoms with E-state index in [0.29, 0.717) is 18.1 Å². The molecule has 0 saturated carbocycles. The average molecular weight is 372 g/mol. The van der Waals surface area contributed by atoms with Crippen molar-refractivity contribution in [3.63, 3.8) is 0 Å². The van der Waals surface area contributed by atoms with Gasteiger partial charge in [-0.1, -0.05) is 60.7 Å². The molecule has 2 aromatic rings. The van der Waals surface area contributed by atoms with Crippen molar-refractivity contribution in [1.82, 2.24) is 16.2 Å². The maximum atomic E-state index is 12.4. The predicted molar refractivity (Wildman–Crippen MR) is 108 cm³/mol. The minimum Gasteiger partial charge on any atom is -0.383 e. The van der Waals surface area contributed by atoms with Gasteiger partial charge in [-0.3, -0.25) is 15.6 Å². The number of rotatable bonds is 7. The lowest BCUT2D eigenvalue weighted by atomic mass is 9.88. The molecule has 0 aliphatic carbocycles. The Bertz CT molecular complexity index is 655. The average Bonchev–Trinajstić information content (AvgIpc) is 2.66. The van der Waals surface area contributed by atoms with E-state index in [1.807, 2.05) is 67.6 Å². The van der Waals surface area contributed by atoms with Gasteiger partial charge >= 0.3 is 0 Å². The molecule has 5 nitrogen and oxygen atoms in total. The van der Waals surface area contributed by atoms with Gasteiger partial charge in [0.2, 0.25) is 5.91 Å². The molecule has 0 radical (unpaired) electrons. The zero-order chi connectivity index (χ0) is 18.8. The lowest BCUT2D eigenvalue weighted by molar-refractivity contribution is -0.121. The van der Waals surface area contributed by atoms with Gasteiger partial charge < -0.3 is 10.1 Å². The van der Waals surface area contributed by atoms with Crippen LogP contribution in [0.1, 0.15) is 30.4 Å². The zero-order valence-electron chi connectivity index (χ0n) is 15.1. The highest BCUT2D eigenvalue weighted by Gasteiger charge is 2.18. The second-order valence-electron chi connectivity index (χ2n) is 6.08. The fourth-order valence-corrected chi connectivity index (χ4v) is 2.97. The van der Waals surface area contributed by atoms with Crippen LogP contribution in [0.5, 0.6) is 0 Å². The van der Waals surface area contributed by atoms with Crippen molar-refractivity contribution in [3.05, 3.63) is 71.8 Å². The van der Waals surface area contributed by atoms with E-state index in [4.69, 9.17) is 17.0 Å². The molecule has 2 rings (SSSR count). The molecule has 2 aromatic carbocycles. The van der Waals surface area contributed by atoms with Crippen LogP contribution in [0.3, 0.4) is 0 Å². The Morgan fingerprint density at radius 2 is 1.54 bits per heavy atom. The summed E-state index contributed by atoms with van der Waals surface area (Å²) in [5.41, 5.74) is 7.61. The Morgan fingerprint density at radius 1 is 1.00 bits per heavy atom. The van der Waals surface area contributed by atoms with Gasteiger partial charge in [0.05, 0.1) is 6.61 Å². The third-order valence-corrected chi connectivity index (χ3v) is 4.12. The van der Waals surface area contributed by atoms with Crippen LogP contribution in [0.4, 0.5) is 0 Å². The fraction of sp³-hybridized carbons (Fsp3) is 0.300. The summed E-state index contributed by atoms with van der Waals surface area (Å²) < 4.78 is 5.04. The molecule has 0 saturated heterocycles. The molecule has 1 atom stereocenters. The van der Waals surface area contributed by atoms with E-state index in [9.17, 15) is 4.79 Å². The first-order valence-electron chi connectivity index (χ1n) is 8.54. The summed E-state index contributed by atoms with van der Waals surface area (Å²) in [7, 11) is 1.63. The number of methoxy groups -OCH3 is 1. The second kappa shape index (κ2) is 10.5. The number of nitrogens with one attached hydrogen (secondary N) is 3. The molecule has 0 fully saturated rings. The molecule has 138 valence electrons. The summed E-state index contributed by atoms with van der Waals surface area (Å²) in [5, 5.41) is 3.39. The highest BCUT2D eigenvalue weighted by molar-refractivity contribution is 7.80. The highest BCUT2D eigenvalue weighted by Crippen LogP contribution is 2.27. The van der Waals surface area contributed by atoms with Crippen LogP contribution in [-0.4, -0.2) is 30.8 Å². The van der Waals surface area contributed by atoms with Crippen LogP contribution in [-0.2, 0) is 9.53 Å². The molecular weight excluding hydrogens is 346 g/mol. The molecule has 0 heterocycles. The van der Waals surface area contributed by atoms with Crippen LogP contribution in [0.15, 0.2) is 60.7 Å². The van der Waals surface area contributed by atoms with Crippen molar-refractivity contribution in [1.29, 1.82) is 0 Å². The minimum atomic E-state index is -0.133. The van der Waals surface area contributed by atoms with Crippen molar-refractivity contribution < 1.29 is 9.53 Å². The Morgan fingerprint density at radius 3 is 2.04 bits per heavy atom. The maximum absolute atomic E-state index is 12.4. The van der Waals surface area contributed by atoms with Gasteiger partial charge in [-0.25, -0.2) is 0 Å². The smallest absolute Gasteiger partial charge is 0.239 e. The van der Waals surface area contributed by atoms with Gasteiger partial charge in [-0.15, -0.1) is 0 Å². The Balaban J connectivity index is 1.96. The standard InChI is InChI=1S/C20H25N3O2S/c1-15(14-25-2)21-20(26)23-22-19(24)13-18(16-9-5-3-6-10-16)17-11-7-4-8-12-17/h3-12,15,18H,13-14H2,1-2H3,(H,22,24)(H2,21,23,26)/t15-/m0/s1. The van der Waals surface area contributed by atoms with Gasteiger partial charge in [0.15, 0.2) is 5.11 Å². The van der Waals surface area contributed by atoms with Crippen molar-refractivity contribution in [3.8, 4) is 0 Å². The number of hydrogen-bond acceptors (Lipinski definition) is 3. The molecule has 0 unspecified atom stereocenters. The Labute approximate surface area is 160 Å². The van der Waals surface area contributed by atoms with Crippen molar-refractivity contribution >= 4 is 23.2 Å². The van der Waals surface area contributed by atoms with E-state index in [2.05, 4.69) is 16.2 Å². The van der Waals surface area contributed by atoms with Crippen LogP contribution in [0.2, 0.25) is 0 Å². The monoisotopic (exact) mass is 371 g/mol. The number of carbonyl (C=O) groups excluding carboxylic acids is 1. The first-order valence-corrected chi connectivity index (χ1v) is 8.95. The molecule has 3 N–H and O–H groups in total. The van der Waals surface area contributed by atoms with Gasteiger partial charge in [-0.2, -0.15) is 0 Å². The highest BCUT2D eigenvalue weighted by atomic mass is 32.1. The van der Waals surface area contributed by atoms with E-state index in [1.165, 1.54) is 0 Å². The molecule has 0 spiro atoms. The van der Waals surface area contributed by atoms with Crippen LogP contribution < -0.4 is 16.2 Å². The quantitative estimate of drug-likeness (QED) is 0.516. The first kappa shape index (κ1) is 19.9. The van der Waals surface area contributed by atoms with E-state index >= 15 is 0 Å². The zero-order valence-corrected chi connectivity index (χ0v) is 15.9. The lowest BCUT2D eigenvalue weighted by Crippen LogP contribution is -2.50. The molecule has 1 amide bonds. The summed E-state index contributed by atoms with van der Waals surface area (Å²) in [5.74, 6) is -0.153. The fourth-order valence-electron chi connectivity index (χ4n) is 2.71. The third kappa shape index (κ3) is 6.46. The maximum Gasteiger partial charge on any atom is 0.239 e. The number of hydrazine groups is 1. The summed E-state index contributed by atoms with van der Waals surface area (Å²) in [4.78, 5) is 12.4. The van der Waals surface area contributed by atoms with Crippen molar-refractivity contribution in [2.75, 3.05) is 13.7 Å². The first-order chi connectivity index (χ1) is 12.6. The minimum absolute atomic E-state index is 0.0202. The SMILES string of the molecule is COC[C@H](C)NC(=S)NNC(=O)CC(c1ccccc1)c1ccccc1. The molecule has 0 aliphatic rings. The number of ether oxygens (including phenoxy) is 1. The topological polar surface area (TPSA) is 62.4 Å². The predicted octanol–water partition coefficient (Wildman–Crippen LogP) is 2.74. The number of hydrogen-bond donors (Lipinski definition) is 3. The van der Waals surface area contributed by atoms with Gasteiger partial charge in [0.25, 0.3) is 0 Å². The Hall–Kier alpha value is -2.44. The van der Waals surface area contributed by atoms with E-state index < -0.39 is 0 Å². The van der Waals surface area contributed by atoms with Crippen molar-refractivity contribution in [2.45, 2.75) is 25.3 Å². The lowest BCUT2D eigenvalue weighted by Gasteiger charge is -2.19. The Kier molecular flexibility index (Phi) is 8.05. The number of carbonyl (C=O) groups is 1. The molecule has 0 aromatic heterocycles. The van der Waals surface area contributed by atoms with Crippen LogP contribution in [0, 0.1) is 0 Å².